The highest BCUT2D eigenvalue weighted by atomic mass is 19.4. The molecule has 2 aliphatic carbocycles. The third-order valence-corrected chi connectivity index (χ3v) is 6.69. The average Bonchev–Trinajstić information content (AvgIpc) is 3.36. The number of methoxy groups -OCH3 is 1. The van der Waals surface area contributed by atoms with Crippen LogP contribution in [0.1, 0.15) is 55.0 Å². The third-order valence-electron chi connectivity index (χ3n) is 6.69. The van der Waals surface area contributed by atoms with E-state index >= 15 is 0 Å². The monoisotopic (exact) mass is 467 g/mol. The first-order valence-electron chi connectivity index (χ1n) is 10.8. The molecule has 0 N–H and O–H groups in total. The summed E-state index contributed by atoms with van der Waals surface area (Å²) in [6.07, 6.45) is -2.71. The van der Waals surface area contributed by atoms with Gasteiger partial charge in [0.2, 0.25) is 0 Å². The van der Waals surface area contributed by atoms with Gasteiger partial charge in [-0.25, -0.2) is 8.78 Å². The molecule has 10 heteroatoms. The van der Waals surface area contributed by atoms with Crippen molar-refractivity contribution in [1.29, 1.82) is 0 Å². The fraction of sp³-hybridized carbons (Fsp3) is 0.478. The van der Waals surface area contributed by atoms with Crippen molar-refractivity contribution in [2.75, 3.05) is 7.11 Å². The standard InChI is InChI=1S/C23H22F5N3O2/c1-32-22(13-2-4-14(24)5-3-13)9-6-15(7-10-22)33-18-8-11-31-20(16-12-17(16)25)29-30-21(31)19(18)23(26,27)28/h2-5,8,11,15-17H,6-7,9-10,12H2,1H3/t15-,16-,17-,22+/m1/s1. The van der Waals surface area contributed by atoms with Crippen molar-refractivity contribution in [2.24, 2.45) is 0 Å². The van der Waals surface area contributed by atoms with E-state index in [9.17, 15) is 22.0 Å². The second kappa shape index (κ2) is 7.93. The normalized spacial score (nSPS) is 27.6. The summed E-state index contributed by atoms with van der Waals surface area (Å²) in [7, 11) is 1.57. The number of hydrogen-bond acceptors (Lipinski definition) is 4. The zero-order valence-corrected chi connectivity index (χ0v) is 17.8. The first-order chi connectivity index (χ1) is 15.7. The summed E-state index contributed by atoms with van der Waals surface area (Å²) < 4.78 is 81.5. The summed E-state index contributed by atoms with van der Waals surface area (Å²) in [5.41, 5.74) is -1.21. The van der Waals surface area contributed by atoms with Crippen LogP contribution in [0.2, 0.25) is 0 Å². The van der Waals surface area contributed by atoms with Crippen molar-refractivity contribution >= 4 is 5.65 Å². The molecule has 2 aromatic heterocycles. The van der Waals surface area contributed by atoms with Gasteiger partial charge in [0.25, 0.3) is 0 Å². The van der Waals surface area contributed by atoms with Crippen LogP contribution >= 0.6 is 0 Å². The lowest BCUT2D eigenvalue weighted by molar-refractivity contribution is -0.138. The first kappa shape index (κ1) is 22.1. The fourth-order valence-corrected chi connectivity index (χ4v) is 4.72. The van der Waals surface area contributed by atoms with Gasteiger partial charge in [0, 0.05) is 13.3 Å². The zero-order chi connectivity index (χ0) is 23.4. The Morgan fingerprint density at radius 2 is 1.73 bits per heavy atom. The van der Waals surface area contributed by atoms with E-state index in [1.54, 1.807) is 19.2 Å². The summed E-state index contributed by atoms with van der Waals surface area (Å²) in [6.45, 7) is 0. The number of nitrogens with zero attached hydrogens (tertiary/aromatic N) is 3. The summed E-state index contributed by atoms with van der Waals surface area (Å²) >= 11 is 0. The molecule has 5 rings (SSSR count). The summed E-state index contributed by atoms with van der Waals surface area (Å²) in [5, 5.41) is 7.53. The molecule has 0 amide bonds. The van der Waals surface area contributed by atoms with Gasteiger partial charge in [0.05, 0.1) is 17.6 Å². The molecule has 176 valence electrons. The summed E-state index contributed by atoms with van der Waals surface area (Å²) in [6, 6.07) is 7.31. The number of ether oxygens (including phenoxy) is 2. The highest BCUT2D eigenvalue weighted by molar-refractivity contribution is 5.57. The van der Waals surface area contributed by atoms with Crippen LogP contribution in [0.15, 0.2) is 36.5 Å². The van der Waals surface area contributed by atoms with Crippen LogP contribution in [0.5, 0.6) is 5.75 Å². The van der Waals surface area contributed by atoms with E-state index in [-0.39, 0.29) is 29.5 Å². The smallest absolute Gasteiger partial charge is 0.423 e. The van der Waals surface area contributed by atoms with Gasteiger partial charge in [-0.05, 0) is 55.9 Å². The van der Waals surface area contributed by atoms with E-state index in [2.05, 4.69) is 10.2 Å². The molecule has 0 radical (unpaired) electrons. The molecule has 33 heavy (non-hydrogen) atoms. The van der Waals surface area contributed by atoms with Crippen LogP contribution in [0.25, 0.3) is 5.65 Å². The molecule has 0 unspecified atom stereocenters. The summed E-state index contributed by atoms with van der Waals surface area (Å²) in [4.78, 5) is 0. The van der Waals surface area contributed by atoms with E-state index in [4.69, 9.17) is 9.47 Å². The Hall–Kier alpha value is -2.75. The number of halogens is 5. The fourth-order valence-electron chi connectivity index (χ4n) is 4.72. The van der Waals surface area contributed by atoms with E-state index in [1.807, 2.05) is 0 Å². The zero-order valence-electron chi connectivity index (χ0n) is 17.8. The Labute approximate surface area is 186 Å². The maximum Gasteiger partial charge on any atom is 0.423 e. The summed E-state index contributed by atoms with van der Waals surface area (Å²) in [5.74, 6) is -1.01. The molecule has 2 saturated carbocycles. The quantitative estimate of drug-likeness (QED) is 0.460. The number of hydrogen-bond donors (Lipinski definition) is 0. The molecule has 3 aromatic rings. The molecule has 1 aromatic carbocycles. The molecular weight excluding hydrogens is 445 g/mol. The lowest BCUT2D eigenvalue weighted by Crippen LogP contribution is -2.37. The predicted molar refractivity (Wildman–Crippen MR) is 108 cm³/mol. The van der Waals surface area contributed by atoms with Gasteiger partial charge in [-0.3, -0.25) is 4.40 Å². The highest BCUT2D eigenvalue weighted by Crippen LogP contribution is 2.46. The van der Waals surface area contributed by atoms with Gasteiger partial charge in [-0.1, -0.05) is 12.1 Å². The van der Waals surface area contributed by atoms with Crippen molar-refractivity contribution in [3.05, 3.63) is 59.3 Å². The van der Waals surface area contributed by atoms with Crippen molar-refractivity contribution < 1.29 is 31.4 Å². The van der Waals surface area contributed by atoms with Crippen LogP contribution < -0.4 is 4.74 Å². The molecule has 5 nitrogen and oxygen atoms in total. The van der Waals surface area contributed by atoms with Gasteiger partial charge < -0.3 is 9.47 Å². The van der Waals surface area contributed by atoms with Crippen LogP contribution in [0.4, 0.5) is 22.0 Å². The lowest BCUT2D eigenvalue weighted by atomic mass is 9.78. The van der Waals surface area contributed by atoms with Crippen LogP contribution in [-0.2, 0) is 16.5 Å². The number of rotatable bonds is 5. The minimum atomic E-state index is -4.72. The topological polar surface area (TPSA) is 48.7 Å². The molecule has 2 aliphatic rings. The Kier molecular flexibility index (Phi) is 5.30. The van der Waals surface area contributed by atoms with Gasteiger partial charge in [0.1, 0.15) is 29.1 Å². The second-order valence-corrected chi connectivity index (χ2v) is 8.69. The molecule has 2 fully saturated rings. The molecule has 2 atom stereocenters. The number of alkyl halides is 4. The maximum absolute atomic E-state index is 14.0. The molecule has 0 aliphatic heterocycles. The van der Waals surface area contributed by atoms with Gasteiger partial charge in [-0.15, -0.1) is 10.2 Å². The van der Waals surface area contributed by atoms with Crippen molar-refractivity contribution in [2.45, 2.75) is 62.1 Å². The van der Waals surface area contributed by atoms with Gasteiger partial charge in [0.15, 0.2) is 5.65 Å². The van der Waals surface area contributed by atoms with E-state index in [0.29, 0.717) is 25.7 Å². The molecule has 2 heterocycles. The SMILES string of the molecule is CO[C@]1(c2ccc(F)cc2)CC[C@H](Oc2ccn3c([C@@H]4C[C@H]4F)nnc3c2C(F)(F)F)CC1. The number of pyridine rings is 1. The lowest BCUT2D eigenvalue weighted by Gasteiger charge is -2.39. The number of aromatic nitrogens is 3. The van der Waals surface area contributed by atoms with Crippen molar-refractivity contribution in [3.63, 3.8) is 0 Å². The predicted octanol–water partition coefficient (Wildman–Crippen LogP) is 5.58. The van der Waals surface area contributed by atoms with Crippen LogP contribution in [0, 0.1) is 5.82 Å². The van der Waals surface area contributed by atoms with E-state index < -0.39 is 35.5 Å². The molecular formula is C23H22F5N3O2. The molecule has 0 spiro atoms. The number of fused-ring (bicyclic) bond motifs is 1. The maximum atomic E-state index is 14.0. The largest absolute Gasteiger partial charge is 0.490 e. The van der Waals surface area contributed by atoms with Crippen molar-refractivity contribution in [3.8, 4) is 5.75 Å². The minimum Gasteiger partial charge on any atom is -0.490 e. The van der Waals surface area contributed by atoms with Crippen LogP contribution in [0.3, 0.4) is 0 Å². The van der Waals surface area contributed by atoms with E-state index in [0.717, 1.165) is 5.56 Å². The Morgan fingerprint density at radius 1 is 1.06 bits per heavy atom. The molecule has 0 saturated heterocycles. The average molecular weight is 467 g/mol. The number of benzene rings is 1. The second-order valence-electron chi connectivity index (χ2n) is 8.69. The highest BCUT2D eigenvalue weighted by Gasteiger charge is 2.45. The first-order valence-corrected chi connectivity index (χ1v) is 10.8. The van der Waals surface area contributed by atoms with Crippen LogP contribution in [-0.4, -0.2) is 34.0 Å². The van der Waals surface area contributed by atoms with Crippen molar-refractivity contribution in [1.82, 2.24) is 14.6 Å². The Morgan fingerprint density at radius 3 is 2.30 bits per heavy atom. The third kappa shape index (κ3) is 3.94. The Bertz CT molecular complexity index is 1150. The van der Waals surface area contributed by atoms with Gasteiger partial charge >= 0.3 is 6.18 Å². The molecule has 0 bridgehead atoms. The van der Waals surface area contributed by atoms with Gasteiger partial charge in [-0.2, -0.15) is 13.2 Å². The minimum absolute atomic E-state index is 0.191. The van der Waals surface area contributed by atoms with E-state index in [1.165, 1.54) is 28.8 Å². The Balaban J connectivity index is 1.39.